The average molecular weight is 583 g/mol. The molecule has 2 aromatic rings. The van der Waals surface area contributed by atoms with Gasteiger partial charge in [0.05, 0.1) is 22.7 Å². The predicted molar refractivity (Wildman–Crippen MR) is 153 cm³/mol. The molecule has 1 heterocycles. The minimum Gasteiger partial charge on any atom is -0.505 e. The monoisotopic (exact) mass is 582 g/mol. The molecule has 42 heavy (non-hydrogen) atoms. The molecule has 11 nitrogen and oxygen atoms in total. The number of anilines is 1. The van der Waals surface area contributed by atoms with E-state index in [0.717, 1.165) is 19.3 Å². The third kappa shape index (κ3) is 8.08. The Morgan fingerprint density at radius 3 is 2.38 bits per heavy atom. The number of esters is 3. The Morgan fingerprint density at radius 2 is 1.71 bits per heavy atom. The Kier molecular flexibility index (Phi) is 11.5. The van der Waals surface area contributed by atoms with Crippen LogP contribution < -0.4 is 10.6 Å². The van der Waals surface area contributed by atoms with Crippen LogP contribution in [0, 0.1) is 11.8 Å². The fourth-order valence-electron chi connectivity index (χ4n) is 4.90. The smallest absolute Gasteiger partial charge is 0.338 e. The fourth-order valence-corrected chi connectivity index (χ4v) is 4.90. The highest BCUT2D eigenvalue weighted by molar-refractivity contribution is 6.01. The van der Waals surface area contributed by atoms with E-state index in [1.807, 2.05) is 6.92 Å². The summed E-state index contributed by atoms with van der Waals surface area (Å²) in [5.74, 6) is -4.54. The van der Waals surface area contributed by atoms with Crippen LogP contribution in [0.5, 0.6) is 5.75 Å². The first kappa shape index (κ1) is 32.1. The van der Waals surface area contributed by atoms with Crippen molar-refractivity contribution in [2.75, 3.05) is 5.32 Å². The first-order valence-corrected chi connectivity index (χ1v) is 14.1. The number of rotatable bonds is 11. The Hall–Kier alpha value is -4.41. The third-order valence-corrected chi connectivity index (χ3v) is 7.23. The molecule has 1 aliphatic rings. The van der Waals surface area contributed by atoms with E-state index in [1.165, 1.54) is 32.0 Å². The van der Waals surface area contributed by atoms with Crippen molar-refractivity contribution in [1.29, 1.82) is 0 Å². The highest BCUT2D eigenvalue weighted by Gasteiger charge is 2.44. The van der Waals surface area contributed by atoms with Crippen LogP contribution >= 0.6 is 0 Å². The summed E-state index contributed by atoms with van der Waals surface area (Å²) in [4.78, 5) is 63.9. The maximum atomic E-state index is 13.6. The number of aromatic hydroxyl groups is 1. The van der Waals surface area contributed by atoms with Crippen LogP contribution in [-0.2, 0) is 28.6 Å². The van der Waals surface area contributed by atoms with Crippen molar-refractivity contribution in [2.45, 2.75) is 77.7 Å². The summed E-state index contributed by atoms with van der Waals surface area (Å²) in [6.07, 6.45) is 0.0252. The van der Waals surface area contributed by atoms with Crippen molar-refractivity contribution in [3.8, 4) is 5.75 Å². The molecule has 1 fully saturated rings. The number of nitrogens with one attached hydrogen (secondary N) is 2. The van der Waals surface area contributed by atoms with Gasteiger partial charge in [0.2, 0.25) is 6.41 Å². The molecule has 0 bridgehead atoms. The number of cyclic esters (lactones) is 2. The molecule has 3 N–H and O–H groups in total. The van der Waals surface area contributed by atoms with Crippen LogP contribution in [0.3, 0.4) is 0 Å². The lowest BCUT2D eigenvalue weighted by molar-refractivity contribution is -0.161. The second-order valence-electron chi connectivity index (χ2n) is 10.5. The molecule has 2 amide bonds. The fraction of sp³-hybridized carbons (Fsp3) is 0.452. The quantitative estimate of drug-likeness (QED) is 0.154. The number of carbonyl (C=O) groups excluding carboxylic acids is 5. The first-order valence-electron chi connectivity index (χ1n) is 14.1. The van der Waals surface area contributed by atoms with E-state index in [-0.39, 0.29) is 22.7 Å². The van der Waals surface area contributed by atoms with E-state index in [1.54, 1.807) is 30.3 Å². The minimum absolute atomic E-state index is 0.00843. The van der Waals surface area contributed by atoms with E-state index in [9.17, 15) is 29.1 Å². The van der Waals surface area contributed by atoms with Crippen molar-refractivity contribution in [2.24, 2.45) is 11.8 Å². The van der Waals surface area contributed by atoms with Crippen LogP contribution in [0.15, 0.2) is 48.5 Å². The van der Waals surface area contributed by atoms with Crippen molar-refractivity contribution in [1.82, 2.24) is 5.32 Å². The van der Waals surface area contributed by atoms with Crippen molar-refractivity contribution >= 4 is 35.9 Å². The van der Waals surface area contributed by atoms with E-state index in [0.29, 0.717) is 12.8 Å². The number of hydrogen-bond acceptors (Lipinski definition) is 9. The van der Waals surface area contributed by atoms with Gasteiger partial charge in [0.25, 0.3) is 5.91 Å². The van der Waals surface area contributed by atoms with Gasteiger partial charge in [0, 0.05) is 0 Å². The minimum atomic E-state index is -1.45. The molecule has 0 aromatic heterocycles. The highest BCUT2D eigenvalue weighted by atomic mass is 16.6. The first-order chi connectivity index (χ1) is 20.1. The molecule has 0 radical (unpaired) electrons. The maximum Gasteiger partial charge on any atom is 0.338 e. The topological polar surface area (TPSA) is 157 Å². The Bertz CT molecular complexity index is 1270. The number of phenolic OH excluding ortho intramolecular Hbond substituents is 1. The number of para-hydroxylation sites is 1. The number of unbranched alkanes of at least 4 members (excludes halogenated alkanes) is 1. The van der Waals surface area contributed by atoms with Crippen LogP contribution in [0.25, 0.3) is 0 Å². The molecule has 0 saturated carbocycles. The molecule has 226 valence electrons. The van der Waals surface area contributed by atoms with Gasteiger partial charge in [0.1, 0.15) is 12.2 Å². The summed E-state index contributed by atoms with van der Waals surface area (Å²) in [5, 5.41) is 15.2. The van der Waals surface area contributed by atoms with Gasteiger partial charge in [-0.3, -0.25) is 14.4 Å². The number of ether oxygens (including phenoxy) is 3. The van der Waals surface area contributed by atoms with Gasteiger partial charge in [-0.2, -0.15) is 0 Å². The highest BCUT2D eigenvalue weighted by Crippen LogP contribution is 2.30. The van der Waals surface area contributed by atoms with E-state index < -0.39 is 59.8 Å². The van der Waals surface area contributed by atoms with E-state index >= 15 is 0 Å². The maximum absolute atomic E-state index is 13.6. The molecule has 11 heteroatoms. The zero-order valence-corrected chi connectivity index (χ0v) is 24.2. The summed E-state index contributed by atoms with van der Waals surface area (Å²) in [5.41, 5.74) is 0.0379. The van der Waals surface area contributed by atoms with Gasteiger partial charge < -0.3 is 30.0 Å². The van der Waals surface area contributed by atoms with Gasteiger partial charge in [0.15, 0.2) is 17.9 Å². The molecular weight excluding hydrogens is 544 g/mol. The van der Waals surface area contributed by atoms with Crippen LogP contribution in [-0.4, -0.2) is 59.7 Å². The Balaban J connectivity index is 1.91. The number of benzene rings is 2. The lowest BCUT2D eigenvalue weighted by Gasteiger charge is -2.30. The average Bonchev–Trinajstić information content (AvgIpc) is 2.99. The molecule has 0 spiro atoms. The number of carbonyl (C=O) groups is 5. The normalized spacial score (nSPS) is 23.2. The number of phenols is 1. The van der Waals surface area contributed by atoms with Gasteiger partial charge in [-0.25, -0.2) is 9.59 Å². The summed E-state index contributed by atoms with van der Waals surface area (Å²) < 4.78 is 17.2. The lowest BCUT2D eigenvalue weighted by atomic mass is 9.86. The molecule has 1 aliphatic heterocycles. The lowest BCUT2D eigenvalue weighted by Crippen LogP contribution is -2.50. The Morgan fingerprint density at radius 1 is 1.02 bits per heavy atom. The second kappa shape index (κ2) is 15.0. The SMILES string of the molecule is CCCCC(C)C[C@H]1C(=O)O[C@H](C)[C@H](NC(=O)c2cccc(NC=O)c2O)C(=O)O[C@@H](C)[C@@H]1OC(=O)c1ccccc1. The number of amides is 2. The van der Waals surface area contributed by atoms with Gasteiger partial charge in [-0.05, 0) is 50.5 Å². The van der Waals surface area contributed by atoms with Crippen LogP contribution in [0.1, 0.15) is 74.1 Å². The molecule has 2 aromatic carbocycles. The van der Waals surface area contributed by atoms with Crippen molar-refractivity contribution < 1.29 is 43.3 Å². The molecular formula is C31H38N2O9. The van der Waals surface area contributed by atoms with Crippen molar-refractivity contribution in [3.05, 3.63) is 59.7 Å². The second-order valence-corrected chi connectivity index (χ2v) is 10.5. The third-order valence-electron chi connectivity index (χ3n) is 7.23. The molecule has 0 aliphatic carbocycles. The zero-order valence-electron chi connectivity index (χ0n) is 24.2. The van der Waals surface area contributed by atoms with E-state index in [4.69, 9.17) is 14.2 Å². The standard InChI is InChI=1S/C31H38N2O9/c1-5-6-11-18(2)16-23-27(42-29(37)21-12-8-7-9-13-21)20(4)41-31(39)25(19(3)40-30(23)38)33-28(36)22-14-10-15-24(26(22)35)32-17-34/h7-10,12-15,17-20,23,25,27,35H,5-6,11,16H2,1-4H3,(H,32,34)(H,33,36)/t18?,19-,20+,23-,25+,27+/m1/s1. The van der Waals surface area contributed by atoms with Crippen LogP contribution in [0.2, 0.25) is 0 Å². The predicted octanol–water partition coefficient (Wildman–Crippen LogP) is 3.99. The summed E-state index contributed by atoms with van der Waals surface area (Å²) in [7, 11) is 0. The summed E-state index contributed by atoms with van der Waals surface area (Å²) in [6, 6.07) is 10.9. The van der Waals surface area contributed by atoms with Crippen LogP contribution in [0.4, 0.5) is 5.69 Å². The Labute approximate surface area is 244 Å². The molecule has 1 saturated heterocycles. The zero-order chi connectivity index (χ0) is 30.8. The molecule has 1 unspecified atom stereocenters. The largest absolute Gasteiger partial charge is 0.505 e. The molecule has 3 rings (SSSR count). The van der Waals surface area contributed by atoms with Crippen molar-refractivity contribution in [3.63, 3.8) is 0 Å². The number of hydrogen-bond donors (Lipinski definition) is 3. The summed E-state index contributed by atoms with van der Waals surface area (Å²) in [6.45, 7) is 7.02. The van der Waals surface area contributed by atoms with Gasteiger partial charge in [-0.15, -0.1) is 0 Å². The van der Waals surface area contributed by atoms with E-state index in [2.05, 4.69) is 17.6 Å². The van der Waals surface area contributed by atoms with Gasteiger partial charge in [-0.1, -0.05) is 57.4 Å². The molecule has 6 atom stereocenters. The van der Waals surface area contributed by atoms with Gasteiger partial charge >= 0.3 is 17.9 Å². The summed E-state index contributed by atoms with van der Waals surface area (Å²) >= 11 is 0.